The summed E-state index contributed by atoms with van der Waals surface area (Å²) in [6.45, 7) is 18.0. The van der Waals surface area contributed by atoms with Gasteiger partial charge in [0.05, 0.1) is 28.5 Å². The standard InChI is InChI=1S/C34H38Br2O2S4.C34H38F2S4.6CH3.2Sn/c1-5-9-11-19(7-3)17-23-27-28(24(39-23)18-20(8-4)12-10-6-2)32(38)30-29(31(27)37)33(21-13-15-25(35)40-21)42-34(30)22-14-16-26(36)41-22;1-5-9-11-21(7-3)17-27-25(35)19-29(39-27)31-23-13-15-38-34(23)32(24-14-16-37-33(24)31)30-20-26(36)28(40-30)18-22(8-4)12-10-6-2;;;;;;;;/h13-16,19-20H,5-12,17-18H2,1-4H3;13-14,19-22H,5-12,17-18H2,1-4H3;6*1H3;;. The quantitative estimate of drug-likeness (QED) is 0.0421. The van der Waals surface area contributed by atoms with Crippen molar-refractivity contribution >= 4 is 197 Å². The molecule has 0 radical (unpaired) electrons. The van der Waals surface area contributed by atoms with E-state index in [-0.39, 0.29) is 23.2 Å². The molecule has 0 amide bonds. The largest absolute Gasteiger partial charge is 0.288 e. The summed E-state index contributed by atoms with van der Waals surface area (Å²) in [5.74, 6) is 2.15. The predicted molar refractivity (Wildman–Crippen MR) is 415 cm³/mol. The number of halogens is 4. The first-order valence-corrected chi connectivity index (χ1v) is 61.6. The molecular formula is C74H94Br2F2O2S8Sn2. The average Bonchev–Trinajstić information content (AvgIpc) is 1.56. The van der Waals surface area contributed by atoms with Crippen molar-refractivity contribution in [1.29, 1.82) is 0 Å². The maximum Gasteiger partial charge on any atom is 0.197 e. The Labute approximate surface area is 594 Å². The van der Waals surface area contributed by atoms with E-state index in [4.69, 9.17) is 0 Å². The molecule has 16 heteroatoms. The zero-order valence-corrected chi connectivity index (χ0v) is 71.1. The summed E-state index contributed by atoms with van der Waals surface area (Å²) in [5.41, 5.74) is 5.15. The maximum atomic E-state index is 15.9. The van der Waals surface area contributed by atoms with Crippen LogP contribution in [0.4, 0.5) is 8.78 Å². The second-order valence-electron chi connectivity index (χ2n) is 27.3. The molecule has 2 nitrogen and oxygen atoms in total. The van der Waals surface area contributed by atoms with Crippen LogP contribution in [0.2, 0.25) is 29.6 Å². The molecule has 1 aliphatic carbocycles. The molecule has 4 atom stereocenters. The number of fused-ring (bicyclic) bond motifs is 4. The number of rotatable bonds is 30. The van der Waals surface area contributed by atoms with Crippen LogP contribution < -0.4 is 5.79 Å². The fraction of sp³-hybridized carbons (Fsp3) is 0.514. The van der Waals surface area contributed by atoms with E-state index < -0.39 is 36.8 Å². The van der Waals surface area contributed by atoms with Crippen molar-refractivity contribution in [2.24, 2.45) is 23.7 Å². The van der Waals surface area contributed by atoms with Crippen LogP contribution in [0.25, 0.3) is 60.6 Å². The maximum absolute atomic E-state index is 15.9. The van der Waals surface area contributed by atoms with E-state index in [1.54, 1.807) is 68.0 Å². The molecule has 0 saturated heterocycles. The van der Waals surface area contributed by atoms with E-state index in [1.165, 1.54) is 114 Å². The third-order valence-electron chi connectivity index (χ3n) is 18.5. The number of hydrogen-bond acceptors (Lipinski definition) is 10. The smallest absolute Gasteiger partial charge is 0.197 e. The first kappa shape index (κ1) is 73.3. The molecular weight excluding hydrogens is 1610 g/mol. The number of carbonyl (C=O) groups is 2. The SMILES string of the molecule is CCCCC(CC)Cc1sc(-c2c3c[c]([Sn]([CH3])([CH3])[CH3])sc3c(-c3cc(F)c(CC(CC)CCCC)s3)c3c[c]([Sn]([CH3])([CH3])[CH3])sc23)cc1F.CCCCC(CC)Cc1sc(CC(CC)CCCC)c2c1C(=O)c1c(-c3ccc(Br)s3)sc(-c3ccc(Br)s3)c1C2=O. The molecule has 4 unspecified atom stereocenters. The summed E-state index contributed by atoms with van der Waals surface area (Å²) in [4.78, 5) is 54.7. The normalized spacial score (nSPS) is 14.2. The number of carbonyl (C=O) groups excluding carboxylic acids is 2. The van der Waals surface area contributed by atoms with E-state index in [1.807, 2.05) is 46.9 Å². The van der Waals surface area contributed by atoms with Gasteiger partial charge in [0, 0.05) is 30.6 Å². The molecule has 8 aromatic heterocycles. The van der Waals surface area contributed by atoms with Gasteiger partial charge in [0.25, 0.3) is 0 Å². The second-order valence-corrected chi connectivity index (χ2v) is 69.6. The average molecular weight is 1710 g/mol. The van der Waals surface area contributed by atoms with Gasteiger partial charge in [-0.3, -0.25) is 9.59 Å². The molecule has 90 heavy (non-hydrogen) atoms. The van der Waals surface area contributed by atoms with Gasteiger partial charge in [0.15, 0.2) is 11.6 Å². The Morgan fingerprint density at radius 2 is 0.722 bits per heavy atom. The van der Waals surface area contributed by atoms with Crippen molar-refractivity contribution in [2.75, 3.05) is 0 Å². The second kappa shape index (κ2) is 32.6. The number of benzene rings is 1. The molecule has 1 aromatic carbocycles. The molecule has 10 rings (SSSR count). The number of hydrogen-bond donors (Lipinski definition) is 0. The third kappa shape index (κ3) is 16.6. The molecule has 0 bridgehead atoms. The first-order chi connectivity index (χ1) is 43.0. The number of thiophene rings is 8. The van der Waals surface area contributed by atoms with E-state index in [2.05, 4.69) is 141 Å². The molecule has 0 N–H and O–H groups in total. The van der Waals surface area contributed by atoms with E-state index in [9.17, 15) is 9.59 Å². The Kier molecular flexibility index (Phi) is 26.6. The van der Waals surface area contributed by atoms with Crippen molar-refractivity contribution < 1.29 is 18.4 Å². The fourth-order valence-electron chi connectivity index (χ4n) is 12.8. The minimum absolute atomic E-state index is 0.0360. The van der Waals surface area contributed by atoms with Crippen LogP contribution in [-0.2, 0) is 25.7 Å². The van der Waals surface area contributed by atoms with Gasteiger partial charge in [-0.2, -0.15) is 0 Å². The van der Waals surface area contributed by atoms with E-state index >= 15 is 8.78 Å². The summed E-state index contributed by atoms with van der Waals surface area (Å²) < 4.78 is 39.5. The summed E-state index contributed by atoms with van der Waals surface area (Å²) in [6.07, 6.45) is 22.0. The van der Waals surface area contributed by atoms with E-state index in [0.717, 1.165) is 119 Å². The van der Waals surface area contributed by atoms with Gasteiger partial charge in [-0.1, -0.05) is 92.9 Å². The van der Waals surface area contributed by atoms with Gasteiger partial charge in [0.2, 0.25) is 0 Å². The fourth-order valence-corrected chi connectivity index (χ4v) is 34.1. The summed E-state index contributed by atoms with van der Waals surface area (Å²) in [5, 5.41) is 2.52. The topological polar surface area (TPSA) is 34.1 Å². The molecule has 0 spiro atoms. The predicted octanol–water partition coefficient (Wildman–Crippen LogP) is 27.5. The monoisotopic (exact) mass is 1710 g/mol. The van der Waals surface area contributed by atoms with Crippen molar-refractivity contribution in [3.63, 3.8) is 0 Å². The minimum atomic E-state index is -2.49. The van der Waals surface area contributed by atoms with Gasteiger partial charge in [-0.15, -0.1) is 45.3 Å². The zero-order chi connectivity index (χ0) is 64.9. The first-order valence-electron chi connectivity index (χ1n) is 33.5. The van der Waals surface area contributed by atoms with Crippen LogP contribution in [0, 0.1) is 35.3 Å². The van der Waals surface area contributed by atoms with Crippen molar-refractivity contribution in [1.82, 2.24) is 0 Å². The van der Waals surface area contributed by atoms with Crippen LogP contribution in [0.3, 0.4) is 0 Å². The van der Waals surface area contributed by atoms with Crippen LogP contribution in [0.1, 0.15) is 209 Å². The van der Waals surface area contributed by atoms with Crippen LogP contribution in [-0.4, -0.2) is 48.3 Å². The Morgan fingerprint density at radius 1 is 0.389 bits per heavy atom. The summed E-state index contributed by atoms with van der Waals surface area (Å²) in [7, 11) is 0. The number of ketones is 2. The zero-order valence-electron chi connectivity index (χ0n) is 55.7. The Morgan fingerprint density at radius 3 is 1.01 bits per heavy atom. The third-order valence-corrected chi connectivity index (χ3v) is 48.0. The molecule has 8 heterocycles. The van der Waals surface area contributed by atoms with Gasteiger partial charge in [-0.25, -0.2) is 0 Å². The van der Waals surface area contributed by atoms with Gasteiger partial charge in [-0.05, 0) is 80.8 Å². The van der Waals surface area contributed by atoms with Gasteiger partial charge in [0.1, 0.15) is 0 Å². The van der Waals surface area contributed by atoms with Crippen molar-refractivity contribution in [2.45, 2.75) is 213 Å². The molecule has 0 aliphatic heterocycles. The summed E-state index contributed by atoms with van der Waals surface area (Å²) in [6, 6.07) is 16.9. The van der Waals surface area contributed by atoms with Crippen molar-refractivity contribution in [3.05, 3.63) is 110 Å². The Bertz CT molecular complexity index is 3620. The Balaban J connectivity index is 0.000000215. The van der Waals surface area contributed by atoms with Gasteiger partial charge >= 0.3 is 303 Å². The van der Waals surface area contributed by atoms with Crippen LogP contribution >= 0.6 is 123 Å². The molecule has 0 fully saturated rings. The molecule has 486 valence electrons. The van der Waals surface area contributed by atoms with E-state index in [0.29, 0.717) is 34.8 Å². The molecule has 9 aromatic rings. The van der Waals surface area contributed by atoms with Crippen LogP contribution in [0.15, 0.2) is 56.1 Å². The van der Waals surface area contributed by atoms with Crippen LogP contribution in [0.5, 0.6) is 0 Å². The summed E-state index contributed by atoms with van der Waals surface area (Å²) >= 11 is 16.2. The van der Waals surface area contributed by atoms with Crippen molar-refractivity contribution in [3.8, 4) is 40.4 Å². The molecule has 0 saturated carbocycles. The van der Waals surface area contributed by atoms with Gasteiger partial charge < -0.3 is 0 Å². The Hall–Kier alpha value is -0.903. The number of unbranched alkanes of at least 4 members (excludes halogenated alkanes) is 4. The minimum Gasteiger partial charge on any atom is -0.288 e. The molecule has 1 aliphatic rings.